The van der Waals surface area contributed by atoms with Gasteiger partial charge in [-0.1, -0.05) is 17.3 Å². The monoisotopic (exact) mass is 342 g/mol. The maximum atomic E-state index is 12.3. The first kappa shape index (κ1) is 16.8. The molecule has 0 saturated carbocycles. The smallest absolute Gasteiger partial charge is 0.336 e. The van der Waals surface area contributed by atoms with E-state index < -0.39 is 5.97 Å². The van der Waals surface area contributed by atoms with Gasteiger partial charge in [0.25, 0.3) is 0 Å². The van der Waals surface area contributed by atoms with E-state index in [2.05, 4.69) is 10.1 Å². The third-order valence-corrected chi connectivity index (χ3v) is 4.34. The molecule has 2 atom stereocenters. The molecule has 25 heavy (non-hydrogen) atoms. The van der Waals surface area contributed by atoms with Gasteiger partial charge in [0.05, 0.1) is 18.3 Å². The molecular weight excluding hydrogens is 324 g/mol. The topological polar surface area (TPSA) is 115 Å². The number of hydrogen-bond donors (Lipinski definition) is 1. The molecule has 130 valence electrons. The van der Waals surface area contributed by atoms with E-state index in [1.807, 2.05) is 12.2 Å². The van der Waals surface area contributed by atoms with Gasteiger partial charge in [-0.05, 0) is 25.0 Å². The van der Waals surface area contributed by atoms with Gasteiger partial charge < -0.3 is 10.6 Å². The minimum absolute atomic E-state index is 0.00812. The van der Waals surface area contributed by atoms with Crippen LogP contribution in [0.3, 0.4) is 0 Å². The van der Waals surface area contributed by atoms with Crippen LogP contribution in [0.25, 0.3) is 0 Å². The van der Waals surface area contributed by atoms with Gasteiger partial charge >= 0.3 is 5.97 Å². The molecular formula is C17H18N4O4. The number of oxime groups is 1. The van der Waals surface area contributed by atoms with E-state index in [0.29, 0.717) is 18.4 Å². The van der Waals surface area contributed by atoms with E-state index in [0.717, 1.165) is 4.90 Å². The van der Waals surface area contributed by atoms with Crippen LogP contribution in [-0.4, -0.2) is 40.0 Å². The van der Waals surface area contributed by atoms with E-state index in [-0.39, 0.29) is 42.5 Å². The molecule has 2 N–H and O–H groups in total. The number of amidine groups is 1. The van der Waals surface area contributed by atoms with Crippen molar-refractivity contribution in [3.8, 4) is 0 Å². The number of fused-ring (bicyclic) bond motifs is 1. The molecule has 0 spiro atoms. The number of carbonyl (C=O) groups is 3. The number of allylic oxidation sites excluding steroid dienone is 2. The molecule has 2 amide bonds. The van der Waals surface area contributed by atoms with Crippen molar-refractivity contribution in [1.82, 2.24) is 9.88 Å². The van der Waals surface area contributed by atoms with Crippen molar-refractivity contribution in [2.75, 3.05) is 6.54 Å². The van der Waals surface area contributed by atoms with Crippen molar-refractivity contribution >= 4 is 23.6 Å². The molecule has 0 radical (unpaired) electrons. The molecule has 8 nitrogen and oxygen atoms in total. The van der Waals surface area contributed by atoms with Crippen molar-refractivity contribution in [2.45, 2.75) is 19.3 Å². The number of carbonyl (C=O) groups excluding carboxylic acids is 3. The maximum Gasteiger partial charge on any atom is 0.336 e. The summed E-state index contributed by atoms with van der Waals surface area (Å²) in [7, 11) is 0. The number of amides is 2. The predicted octanol–water partition coefficient (Wildman–Crippen LogP) is 0.586. The minimum atomic E-state index is -0.666. The highest BCUT2D eigenvalue weighted by atomic mass is 16.7. The Morgan fingerprint density at radius 2 is 1.96 bits per heavy atom. The first-order valence-electron chi connectivity index (χ1n) is 8.02. The lowest BCUT2D eigenvalue weighted by Crippen LogP contribution is -2.33. The summed E-state index contributed by atoms with van der Waals surface area (Å²) in [6.07, 6.45) is 7.92. The van der Waals surface area contributed by atoms with Crippen LogP contribution in [0, 0.1) is 11.8 Å². The second kappa shape index (κ2) is 7.25. The summed E-state index contributed by atoms with van der Waals surface area (Å²) in [6, 6.07) is 3.36. The molecule has 1 saturated heterocycles. The molecule has 1 aliphatic heterocycles. The average Bonchev–Trinajstić information content (AvgIpc) is 2.89. The number of pyridine rings is 1. The van der Waals surface area contributed by atoms with Crippen LogP contribution >= 0.6 is 0 Å². The van der Waals surface area contributed by atoms with Crippen LogP contribution in [0.5, 0.6) is 0 Å². The normalized spacial score (nSPS) is 22.9. The zero-order chi connectivity index (χ0) is 17.8. The number of imide groups is 1. The van der Waals surface area contributed by atoms with Gasteiger partial charge in [-0.2, -0.15) is 0 Å². The first-order valence-corrected chi connectivity index (χ1v) is 8.02. The van der Waals surface area contributed by atoms with Gasteiger partial charge in [0.2, 0.25) is 11.8 Å². The molecule has 1 aromatic heterocycles. The van der Waals surface area contributed by atoms with Crippen LogP contribution in [-0.2, 0) is 19.2 Å². The van der Waals surface area contributed by atoms with Gasteiger partial charge in [0.15, 0.2) is 5.84 Å². The summed E-state index contributed by atoms with van der Waals surface area (Å²) in [6.45, 7) is -0.00812. The van der Waals surface area contributed by atoms with Crippen LogP contribution < -0.4 is 5.73 Å². The lowest BCUT2D eigenvalue weighted by atomic mass is 9.85. The number of likely N-dealkylation sites (tertiary alicyclic amines) is 1. The van der Waals surface area contributed by atoms with Crippen LogP contribution in [0.2, 0.25) is 0 Å². The molecule has 1 aliphatic carbocycles. The van der Waals surface area contributed by atoms with Crippen molar-refractivity contribution in [1.29, 1.82) is 0 Å². The predicted molar refractivity (Wildman–Crippen MR) is 87.7 cm³/mol. The first-order chi connectivity index (χ1) is 12.1. The number of rotatable bonds is 5. The Kier molecular flexibility index (Phi) is 4.87. The molecule has 3 rings (SSSR count). The van der Waals surface area contributed by atoms with Gasteiger partial charge in [-0.3, -0.25) is 19.5 Å². The van der Waals surface area contributed by atoms with E-state index in [9.17, 15) is 14.4 Å². The Hall–Kier alpha value is -3.03. The highest BCUT2D eigenvalue weighted by Gasteiger charge is 2.46. The lowest BCUT2D eigenvalue weighted by Gasteiger charge is -2.14. The molecule has 0 bridgehead atoms. The van der Waals surface area contributed by atoms with Crippen molar-refractivity contribution in [3.05, 3.63) is 42.2 Å². The van der Waals surface area contributed by atoms with Gasteiger partial charge in [-0.25, -0.2) is 4.79 Å². The van der Waals surface area contributed by atoms with Gasteiger partial charge in [0.1, 0.15) is 0 Å². The summed E-state index contributed by atoms with van der Waals surface area (Å²) in [5.74, 6) is -1.68. The number of nitrogens with zero attached hydrogens (tertiary/aromatic N) is 3. The minimum Gasteiger partial charge on any atom is -0.380 e. The van der Waals surface area contributed by atoms with Gasteiger partial charge in [-0.15, -0.1) is 0 Å². The molecule has 2 heterocycles. The molecule has 8 heteroatoms. The van der Waals surface area contributed by atoms with Crippen molar-refractivity contribution in [2.24, 2.45) is 22.7 Å². The summed E-state index contributed by atoms with van der Waals surface area (Å²) in [4.78, 5) is 46.1. The Labute approximate surface area is 144 Å². The summed E-state index contributed by atoms with van der Waals surface area (Å²) in [5.41, 5.74) is 6.22. The van der Waals surface area contributed by atoms with Crippen LogP contribution in [0.15, 0.2) is 41.8 Å². The van der Waals surface area contributed by atoms with E-state index in [4.69, 9.17) is 10.6 Å². The molecule has 1 aromatic rings. The van der Waals surface area contributed by atoms with Gasteiger partial charge in [0, 0.05) is 24.5 Å². The molecule has 1 fully saturated rings. The van der Waals surface area contributed by atoms with Crippen LogP contribution in [0.4, 0.5) is 0 Å². The quantitative estimate of drug-likeness (QED) is 0.209. The fraction of sp³-hybridized carbons (Fsp3) is 0.353. The zero-order valence-corrected chi connectivity index (χ0v) is 13.5. The highest BCUT2D eigenvalue weighted by Crippen LogP contribution is 2.34. The average molecular weight is 342 g/mol. The van der Waals surface area contributed by atoms with E-state index in [1.165, 1.54) is 6.20 Å². The standard InChI is InChI=1S/C17H18N4O4/c18-15(11-4-3-8-19-10-11)20-25-14(22)7-9-21-16(23)12-5-1-2-6-13(12)17(21)24/h1-4,8,10,12-13H,5-7,9H2,(H2,18,20)/t12-,13-/m0/s1. The Balaban J connectivity index is 1.53. The Bertz CT molecular complexity index is 718. The third kappa shape index (κ3) is 3.57. The van der Waals surface area contributed by atoms with Crippen LogP contribution in [0.1, 0.15) is 24.8 Å². The number of hydrogen-bond acceptors (Lipinski definition) is 6. The Morgan fingerprint density at radius 3 is 2.56 bits per heavy atom. The largest absolute Gasteiger partial charge is 0.380 e. The second-order valence-corrected chi connectivity index (χ2v) is 5.92. The van der Waals surface area contributed by atoms with E-state index >= 15 is 0 Å². The Morgan fingerprint density at radius 1 is 1.28 bits per heavy atom. The third-order valence-electron chi connectivity index (χ3n) is 4.34. The van der Waals surface area contributed by atoms with E-state index in [1.54, 1.807) is 18.3 Å². The number of aromatic nitrogens is 1. The zero-order valence-electron chi connectivity index (χ0n) is 13.5. The van der Waals surface area contributed by atoms with Crippen molar-refractivity contribution < 1.29 is 19.2 Å². The maximum absolute atomic E-state index is 12.3. The fourth-order valence-electron chi connectivity index (χ4n) is 3.01. The number of nitrogens with two attached hydrogens (primary N) is 1. The summed E-state index contributed by atoms with van der Waals surface area (Å²) in [5, 5.41) is 3.56. The molecule has 2 aliphatic rings. The summed E-state index contributed by atoms with van der Waals surface area (Å²) >= 11 is 0. The highest BCUT2D eigenvalue weighted by molar-refractivity contribution is 6.05. The molecule has 0 unspecified atom stereocenters. The SMILES string of the molecule is N/C(=N/OC(=O)CCN1C(=O)[C@H]2CC=CC[C@@H]2C1=O)c1cccnc1. The van der Waals surface area contributed by atoms with Crippen molar-refractivity contribution in [3.63, 3.8) is 0 Å². The second-order valence-electron chi connectivity index (χ2n) is 5.92. The lowest BCUT2D eigenvalue weighted by molar-refractivity contribution is -0.145. The summed E-state index contributed by atoms with van der Waals surface area (Å²) < 4.78 is 0. The fourth-order valence-corrected chi connectivity index (χ4v) is 3.01. The molecule has 0 aromatic carbocycles.